The van der Waals surface area contributed by atoms with E-state index in [4.69, 9.17) is 9.47 Å². The lowest BCUT2D eigenvalue weighted by Crippen LogP contribution is -2.41. The number of hydrogen-bond donors (Lipinski definition) is 1. The van der Waals surface area contributed by atoms with Gasteiger partial charge in [-0.05, 0) is 57.7 Å². The normalized spacial score (nSPS) is 19.3. The molecule has 0 radical (unpaired) electrons. The highest BCUT2D eigenvalue weighted by Gasteiger charge is 2.27. The summed E-state index contributed by atoms with van der Waals surface area (Å²) >= 11 is 0. The van der Waals surface area contributed by atoms with Gasteiger partial charge < -0.3 is 14.8 Å². The molecule has 1 N–H and O–H groups in total. The van der Waals surface area contributed by atoms with Gasteiger partial charge in [-0.1, -0.05) is 6.42 Å². The topological polar surface area (TPSA) is 88.2 Å². The van der Waals surface area contributed by atoms with Crippen LogP contribution >= 0.6 is 0 Å². The molecule has 174 valence electrons. The molecule has 0 aromatic heterocycles. The van der Waals surface area contributed by atoms with E-state index < -0.39 is 10.0 Å². The van der Waals surface area contributed by atoms with Gasteiger partial charge in [-0.25, -0.2) is 8.42 Å². The first-order valence-corrected chi connectivity index (χ1v) is 12.8. The molecule has 1 aromatic carbocycles. The zero-order valence-electron chi connectivity index (χ0n) is 18.6. The number of amides is 1. The molecule has 2 heterocycles. The molecule has 3 rings (SSSR count). The fourth-order valence-electron chi connectivity index (χ4n) is 4.17. The van der Waals surface area contributed by atoms with Crippen LogP contribution < -0.4 is 10.1 Å². The molecule has 0 spiro atoms. The zero-order chi connectivity index (χ0) is 22.3. The van der Waals surface area contributed by atoms with Gasteiger partial charge >= 0.3 is 0 Å². The maximum atomic E-state index is 13.0. The number of likely N-dealkylation sites (tertiary alicyclic amines) is 1. The van der Waals surface area contributed by atoms with Crippen molar-refractivity contribution in [3.63, 3.8) is 0 Å². The van der Waals surface area contributed by atoms with Crippen molar-refractivity contribution in [1.82, 2.24) is 9.21 Å². The third-order valence-electron chi connectivity index (χ3n) is 5.78. The van der Waals surface area contributed by atoms with E-state index in [1.807, 2.05) is 13.8 Å². The third kappa shape index (κ3) is 6.41. The zero-order valence-corrected chi connectivity index (χ0v) is 19.5. The second-order valence-corrected chi connectivity index (χ2v) is 9.97. The molecule has 0 aliphatic carbocycles. The quantitative estimate of drug-likeness (QED) is 0.619. The second-order valence-electron chi connectivity index (χ2n) is 8.03. The summed E-state index contributed by atoms with van der Waals surface area (Å²) in [4.78, 5) is 15.0. The minimum atomic E-state index is -3.59. The van der Waals surface area contributed by atoms with E-state index in [-0.39, 0.29) is 23.5 Å². The highest BCUT2D eigenvalue weighted by molar-refractivity contribution is 7.89. The van der Waals surface area contributed by atoms with Crippen molar-refractivity contribution in [2.24, 2.45) is 0 Å². The second kappa shape index (κ2) is 11.3. The number of nitrogens with zero attached hydrogens (tertiary/aromatic N) is 2. The van der Waals surface area contributed by atoms with Gasteiger partial charge in [-0.3, -0.25) is 9.69 Å². The van der Waals surface area contributed by atoms with E-state index in [2.05, 4.69) is 10.2 Å². The first-order valence-electron chi connectivity index (χ1n) is 11.3. The number of rotatable bonds is 9. The maximum absolute atomic E-state index is 13.0. The highest BCUT2D eigenvalue weighted by atomic mass is 32.2. The van der Waals surface area contributed by atoms with E-state index in [0.717, 1.165) is 45.2 Å². The Kier molecular flexibility index (Phi) is 8.71. The SMILES string of the molecule is CCOc1ccc(S(=O)(=O)N2CCCCC2)cc1NC(=O)CN1CCC(OCC)CC1. The molecule has 2 saturated heterocycles. The number of carbonyl (C=O) groups is 1. The molecule has 1 aromatic rings. The standard InChI is InChI=1S/C22H35N3O5S/c1-3-29-18-10-14-24(15-11-18)17-22(26)23-20-16-19(8-9-21(20)30-4-2)31(27,28)25-12-6-5-7-13-25/h8-9,16,18H,3-7,10-15,17H2,1-2H3,(H,23,26). The Morgan fingerprint density at radius 3 is 2.42 bits per heavy atom. The fraction of sp³-hybridized carbons (Fsp3) is 0.682. The summed E-state index contributed by atoms with van der Waals surface area (Å²) in [6.07, 6.45) is 4.90. The van der Waals surface area contributed by atoms with Crippen LogP contribution in [0.5, 0.6) is 5.75 Å². The van der Waals surface area contributed by atoms with Gasteiger partial charge in [-0.15, -0.1) is 0 Å². The van der Waals surface area contributed by atoms with Gasteiger partial charge in [0.25, 0.3) is 0 Å². The average Bonchev–Trinajstić information content (AvgIpc) is 2.77. The molecule has 9 heteroatoms. The Bertz CT molecular complexity index is 832. The molecule has 0 atom stereocenters. The van der Waals surface area contributed by atoms with Crippen LogP contribution in [0.3, 0.4) is 0 Å². The number of benzene rings is 1. The number of hydrogen-bond acceptors (Lipinski definition) is 6. The summed E-state index contributed by atoms with van der Waals surface area (Å²) in [5, 5.41) is 2.87. The predicted molar refractivity (Wildman–Crippen MR) is 120 cm³/mol. The Morgan fingerprint density at radius 1 is 1.06 bits per heavy atom. The number of carbonyl (C=O) groups excluding carboxylic acids is 1. The van der Waals surface area contributed by atoms with Gasteiger partial charge in [0.1, 0.15) is 5.75 Å². The number of ether oxygens (including phenoxy) is 2. The van der Waals surface area contributed by atoms with Crippen LogP contribution in [0.25, 0.3) is 0 Å². The summed E-state index contributed by atoms with van der Waals surface area (Å²) in [7, 11) is -3.59. The van der Waals surface area contributed by atoms with E-state index in [9.17, 15) is 13.2 Å². The van der Waals surface area contributed by atoms with Crippen molar-refractivity contribution >= 4 is 21.6 Å². The van der Waals surface area contributed by atoms with Crippen LogP contribution in [0.4, 0.5) is 5.69 Å². The fourth-order valence-corrected chi connectivity index (χ4v) is 5.71. The van der Waals surface area contributed by atoms with Crippen molar-refractivity contribution in [2.45, 2.75) is 57.0 Å². The molecule has 31 heavy (non-hydrogen) atoms. The number of piperidine rings is 2. The van der Waals surface area contributed by atoms with E-state index in [1.165, 1.54) is 10.4 Å². The van der Waals surface area contributed by atoms with Gasteiger partial charge in [0, 0.05) is 32.8 Å². The molecule has 2 fully saturated rings. The molecule has 8 nitrogen and oxygen atoms in total. The maximum Gasteiger partial charge on any atom is 0.243 e. The predicted octanol–water partition coefficient (Wildman–Crippen LogP) is 2.70. The van der Waals surface area contributed by atoms with Gasteiger partial charge in [0.2, 0.25) is 15.9 Å². The Labute approximate surface area is 185 Å². The molecular formula is C22H35N3O5S. The summed E-state index contributed by atoms with van der Waals surface area (Å²) < 4.78 is 38.9. The largest absolute Gasteiger partial charge is 0.492 e. The average molecular weight is 454 g/mol. The van der Waals surface area contributed by atoms with Crippen LogP contribution in [0.15, 0.2) is 23.1 Å². The summed E-state index contributed by atoms with van der Waals surface area (Å²) in [5.74, 6) is 0.298. The minimum Gasteiger partial charge on any atom is -0.492 e. The third-order valence-corrected chi connectivity index (χ3v) is 7.68. The lowest BCUT2D eigenvalue weighted by Gasteiger charge is -2.31. The molecule has 2 aliphatic heterocycles. The highest BCUT2D eigenvalue weighted by Crippen LogP contribution is 2.30. The Hall–Kier alpha value is -1.68. The van der Waals surface area contributed by atoms with E-state index >= 15 is 0 Å². The number of sulfonamides is 1. The van der Waals surface area contributed by atoms with Gasteiger partial charge in [0.15, 0.2) is 0 Å². The first kappa shape index (κ1) is 24.0. The lowest BCUT2D eigenvalue weighted by atomic mass is 10.1. The molecule has 0 bridgehead atoms. The van der Waals surface area contributed by atoms with Crippen molar-refractivity contribution in [3.05, 3.63) is 18.2 Å². The summed E-state index contributed by atoms with van der Waals surface area (Å²) in [5.41, 5.74) is 0.397. The smallest absolute Gasteiger partial charge is 0.243 e. The van der Waals surface area contributed by atoms with Crippen molar-refractivity contribution in [1.29, 1.82) is 0 Å². The van der Waals surface area contributed by atoms with Crippen molar-refractivity contribution in [2.75, 3.05) is 51.3 Å². The minimum absolute atomic E-state index is 0.177. The van der Waals surface area contributed by atoms with Crippen LogP contribution in [-0.2, 0) is 19.6 Å². The molecule has 2 aliphatic rings. The van der Waals surface area contributed by atoms with Crippen LogP contribution in [-0.4, -0.2) is 75.6 Å². The molecule has 0 unspecified atom stereocenters. The Balaban J connectivity index is 1.68. The number of nitrogens with one attached hydrogen (secondary N) is 1. The van der Waals surface area contributed by atoms with E-state index in [1.54, 1.807) is 12.1 Å². The summed E-state index contributed by atoms with van der Waals surface area (Å²) in [6.45, 7) is 7.92. The molecular weight excluding hydrogens is 418 g/mol. The van der Waals surface area contributed by atoms with Crippen LogP contribution in [0, 0.1) is 0 Å². The monoisotopic (exact) mass is 453 g/mol. The lowest BCUT2D eigenvalue weighted by molar-refractivity contribution is -0.118. The van der Waals surface area contributed by atoms with Gasteiger partial charge in [0.05, 0.1) is 29.8 Å². The van der Waals surface area contributed by atoms with Crippen LogP contribution in [0.1, 0.15) is 46.0 Å². The van der Waals surface area contributed by atoms with Gasteiger partial charge in [-0.2, -0.15) is 4.31 Å². The van der Waals surface area contributed by atoms with Crippen LogP contribution in [0.2, 0.25) is 0 Å². The molecule has 1 amide bonds. The summed E-state index contributed by atoms with van der Waals surface area (Å²) in [6, 6.07) is 4.71. The number of anilines is 1. The first-order chi connectivity index (χ1) is 14.9. The molecule has 0 saturated carbocycles. The Morgan fingerprint density at radius 2 is 1.77 bits per heavy atom. The van der Waals surface area contributed by atoms with Crippen molar-refractivity contribution in [3.8, 4) is 5.75 Å². The van der Waals surface area contributed by atoms with Crippen molar-refractivity contribution < 1.29 is 22.7 Å². The van der Waals surface area contributed by atoms with E-state index in [0.29, 0.717) is 37.7 Å².